The van der Waals surface area contributed by atoms with Gasteiger partial charge in [0, 0.05) is 13.8 Å². The van der Waals surface area contributed by atoms with Crippen LogP contribution in [0.15, 0.2) is 12.7 Å². The van der Waals surface area contributed by atoms with Crippen molar-refractivity contribution in [1.29, 1.82) is 0 Å². The van der Waals surface area contributed by atoms with E-state index in [1.165, 1.54) is 19.9 Å². The Hall–Kier alpha value is -1.49. The molecule has 3 saturated heterocycles. The van der Waals surface area contributed by atoms with Gasteiger partial charge >= 0.3 is 0 Å². The van der Waals surface area contributed by atoms with Gasteiger partial charge in [-0.05, 0) is 0 Å². The molecule has 3 aliphatic heterocycles. The smallest absolute Gasteiger partial charge is 0.217 e. The molecular weight excluding hydrogens is 598 g/mol. The second-order valence-corrected chi connectivity index (χ2v) is 11.8. The van der Waals surface area contributed by atoms with Crippen molar-refractivity contribution in [2.75, 3.05) is 26.4 Å². The summed E-state index contributed by atoms with van der Waals surface area (Å²) in [5.41, 5.74) is 4.80. The van der Waals surface area contributed by atoms with E-state index in [9.17, 15) is 45.3 Å². The quantitative estimate of drug-likeness (QED) is 0.0891. The van der Waals surface area contributed by atoms with Gasteiger partial charge in [-0.15, -0.1) is 18.3 Å². The molecular formula is C25H43N3O14S. The van der Waals surface area contributed by atoms with Crippen molar-refractivity contribution in [2.45, 2.75) is 104 Å². The summed E-state index contributed by atoms with van der Waals surface area (Å²) in [6.07, 6.45) is -12.2. The van der Waals surface area contributed by atoms with Crippen molar-refractivity contribution in [1.82, 2.24) is 10.6 Å². The number of thioether (sulfide) groups is 1. The molecule has 3 heterocycles. The Morgan fingerprint density at radius 3 is 1.98 bits per heavy atom. The van der Waals surface area contributed by atoms with Crippen molar-refractivity contribution in [3.05, 3.63) is 12.7 Å². The number of amides is 2. The fourth-order valence-corrected chi connectivity index (χ4v) is 6.77. The molecule has 0 bridgehead atoms. The summed E-state index contributed by atoms with van der Waals surface area (Å²) >= 11 is 0.878. The molecule has 0 aromatic rings. The summed E-state index contributed by atoms with van der Waals surface area (Å²) in [7, 11) is 0. The maximum Gasteiger partial charge on any atom is 0.217 e. The number of rotatable bonds is 12. The Morgan fingerprint density at radius 2 is 1.42 bits per heavy atom. The second-order valence-electron chi connectivity index (χ2n) is 10.5. The van der Waals surface area contributed by atoms with Crippen LogP contribution in [-0.4, -0.2) is 164 Å². The number of carbonyl (C=O) groups excluding carboxylic acids is 2. The van der Waals surface area contributed by atoms with Gasteiger partial charge in [-0.3, -0.25) is 9.59 Å². The average Bonchev–Trinajstić information content (AvgIpc) is 2.97. The van der Waals surface area contributed by atoms with Gasteiger partial charge in [-0.2, -0.15) is 0 Å². The monoisotopic (exact) mass is 641 g/mol. The Morgan fingerprint density at radius 1 is 0.837 bits per heavy atom. The van der Waals surface area contributed by atoms with E-state index in [1.54, 1.807) is 0 Å². The number of ether oxygens (including phenoxy) is 5. The largest absolute Gasteiger partial charge is 0.394 e. The highest BCUT2D eigenvalue weighted by Crippen LogP contribution is 2.39. The summed E-state index contributed by atoms with van der Waals surface area (Å²) in [6.45, 7) is 4.04. The second kappa shape index (κ2) is 16.2. The first kappa shape index (κ1) is 36.0. The van der Waals surface area contributed by atoms with Crippen molar-refractivity contribution in [3.63, 3.8) is 0 Å². The lowest BCUT2D eigenvalue weighted by Gasteiger charge is -2.49. The zero-order valence-electron chi connectivity index (χ0n) is 23.7. The number of nitrogens with one attached hydrogen (secondary N) is 2. The minimum Gasteiger partial charge on any atom is -0.394 e. The molecule has 18 heteroatoms. The van der Waals surface area contributed by atoms with Crippen LogP contribution in [0.2, 0.25) is 0 Å². The maximum absolute atomic E-state index is 12.2. The van der Waals surface area contributed by atoms with Crippen LogP contribution in [0, 0.1) is 0 Å². The molecule has 0 saturated carbocycles. The van der Waals surface area contributed by atoms with Gasteiger partial charge in [-0.1, -0.05) is 6.08 Å². The van der Waals surface area contributed by atoms with E-state index in [0.29, 0.717) is 0 Å². The Labute approximate surface area is 252 Å². The molecule has 0 aromatic heterocycles. The topological polar surface area (TPSA) is 272 Å². The molecule has 0 aliphatic carbocycles. The van der Waals surface area contributed by atoms with Gasteiger partial charge in [0.2, 0.25) is 11.8 Å². The molecule has 248 valence electrons. The Kier molecular flexibility index (Phi) is 13.5. The van der Waals surface area contributed by atoms with Crippen LogP contribution in [-0.2, 0) is 33.3 Å². The standard InChI is InChI=1S/C25H43N3O14S/c1-4-5-38-24-15(27-9(2)32)20(37)22(13(8-31)40-24)43-25-16(28-10(3)33)19(36)21(12(7-30)41-25)42-23-14(26)18(35)17(34)11(6-29)39-23/h4,11-25,29-31,34-37H,1,5-8,26H2,2-3H3,(H,27,32)(H,28,33)/t11-,12-,13-,14-,15-,16-,17-,18-,19-,20-,21-,22-,23+,24-,25+/m1/s1. The molecule has 0 spiro atoms. The van der Waals surface area contributed by atoms with Crippen LogP contribution < -0.4 is 16.4 Å². The van der Waals surface area contributed by atoms with Crippen LogP contribution in [0.25, 0.3) is 0 Å². The summed E-state index contributed by atoms with van der Waals surface area (Å²) < 4.78 is 28.8. The van der Waals surface area contributed by atoms with E-state index < -0.39 is 122 Å². The van der Waals surface area contributed by atoms with E-state index in [4.69, 9.17) is 29.4 Å². The van der Waals surface area contributed by atoms with Gasteiger partial charge < -0.3 is 75.8 Å². The highest BCUT2D eigenvalue weighted by Gasteiger charge is 2.53. The average molecular weight is 642 g/mol. The highest BCUT2D eigenvalue weighted by molar-refractivity contribution is 8.00. The first-order valence-electron chi connectivity index (χ1n) is 13.7. The maximum atomic E-state index is 12.2. The first-order chi connectivity index (χ1) is 20.4. The predicted molar refractivity (Wildman–Crippen MR) is 147 cm³/mol. The Bertz CT molecular complexity index is 936. The van der Waals surface area contributed by atoms with Crippen LogP contribution >= 0.6 is 11.8 Å². The molecule has 17 nitrogen and oxygen atoms in total. The summed E-state index contributed by atoms with van der Waals surface area (Å²) in [5.74, 6) is -1.06. The zero-order chi connectivity index (χ0) is 32.0. The fourth-order valence-electron chi connectivity index (χ4n) is 5.20. The van der Waals surface area contributed by atoms with Crippen LogP contribution in [0.3, 0.4) is 0 Å². The van der Waals surface area contributed by atoms with Gasteiger partial charge in [0.05, 0.1) is 56.0 Å². The fraction of sp³-hybridized carbons (Fsp3) is 0.840. The number of nitrogens with two attached hydrogens (primary N) is 1. The number of aliphatic hydroxyl groups excluding tert-OH is 7. The number of aliphatic hydroxyl groups is 7. The zero-order valence-corrected chi connectivity index (χ0v) is 24.6. The number of carbonyl (C=O) groups is 2. The van der Waals surface area contributed by atoms with Crippen molar-refractivity contribution >= 4 is 23.6 Å². The molecule has 0 unspecified atom stereocenters. The van der Waals surface area contributed by atoms with E-state index in [-0.39, 0.29) is 6.61 Å². The Balaban J connectivity index is 1.86. The minimum atomic E-state index is -1.59. The lowest BCUT2D eigenvalue weighted by molar-refractivity contribution is -0.307. The molecule has 0 radical (unpaired) electrons. The van der Waals surface area contributed by atoms with Gasteiger partial charge in [0.1, 0.15) is 48.1 Å². The van der Waals surface area contributed by atoms with E-state index in [0.717, 1.165) is 11.8 Å². The third-order valence-electron chi connectivity index (χ3n) is 7.34. The minimum absolute atomic E-state index is 0.0228. The predicted octanol–water partition coefficient (Wildman–Crippen LogP) is -5.39. The SMILES string of the molecule is C=CCO[C@@H]1O[C@H](CO)[C@@H](S[C@@H]2O[C@H](CO)[C@@H](O[C@@H]3O[C@H](CO)[C@@H](O)[C@H](O)[C@H]3N)[C@H](O)[C@H]2NC(C)=O)[C@H](O)[C@H]1NC(C)=O. The number of hydrogen-bond donors (Lipinski definition) is 10. The summed E-state index contributed by atoms with van der Waals surface area (Å²) in [5, 5.41) is 77.0. The summed E-state index contributed by atoms with van der Waals surface area (Å²) in [4.78, 5) is 24.1. The van der Waals surface area contributed by atoms with E-state index in [2.05, 4.69) is 17.2 Å². The van der Waals surface area contributed by atoms with E-state index >= 15 is 0 Å². The van der Waals surface area contributed by atoms with Crippen molar-refractivity contribution < 1.29 is 69.0 Å². The highest BCUT2D eigenvalue weighted by atomic mass is 32.2. The lowest BCUT2D eigenvalue weighted by Crippen LogP contribution is -2.68. The molecule has 3 aliphatic rings. The summed E-state index contributed by atoms with van der Waals surface area (Å²) in [6, 6.07) is -3.64. The van der Waals surface area contributed by atoms with Crippen LogP contribution in [0.1, 0.15) is 13.8 Å². The van der Waals surface area contributed by atoms with E-state index in [1.807, 2.05) is 0 Å². The third-order valence-corrected chi connectivity index (χ3v) is 8.90. The molecule has 11 N–H and O–H groups in total. The van der Waals surface area contributed by atoms with Gasteiger partial charge in [0.15, 0.2) is 12.6 Å². The molecule has 0 aromatic carbocycles. The lowest BCUT2D eigenvalue weighted by atomic mass is 9.95. The van der Waals surface area contributed by atoms with Gasteiger partial charge in [0.25, 0.3) is 0 Å². The van der Waals surface area contributed by atoms with Crippen molar-refractivity contribution in [2.24, 2.45) is 5.73 Å². The molecule has 43 heavy (non-hydrogen) atoms. The van der Waals surface area contributed by atoms with Gasteiger partial charge in [-0.25, -0.2) is 0 Å². The molecule has 2 amide bonds. The van der Waals surface area contributed by atoms with Crippen molar-refractivity contribution in [3.8, 4) is 0 Å². The normalized spacial score (nSPS) is 43.5. The molecule has 3 fully saturated rings. The number of hydrogen-bond acceptors (Lipinski definition) is 16. The molecule has 15 atom stereocenters. The third kappa shape index (κ3) is 8.41. The van der Waals surface area contributed by atoms with Crippen LogP contribution in [0.4, 0.5) is 0 Å². The van der Waals surface area contributed by atoms with Crippen LogP contribution in [0.5, 0.6) is 0 Å². The first-order valence-corrected chi connectivity index (χ1v) is 14.7. The molecule has 3 rings (SSSR count).